The normalized spacial score (nSPS) is 20.2. The molecule has 8 heteroatoms. The van der Waals surface area contributed by atoms with Crippen LogP contribution in [0.1, 0.15) is 65.8 Å². The van der Waals surface area contributed by atoms with Gasteiger partial charge in [-0.3, -0.25) is 4.79 Å². The quantitative estimate of drug-likeness (QED) is 0.623. The molecule has 0 spiro atoms. The third kappa shape index (κ3) is 4.98. The monoisotopic (exact) mass is 485 g/mol. The number of hydrogen-bond acceptors (Lipinski definition) is 5. The summed E-state index contributed by atoms with van der Waals surface area (Å²) in [5, 5.41) is 3.97. The Hall–Kier alpha value is -2.45. The van der Waals surface area contributed by atoms with Gasteiger partial charge in [-0.15, -0.1) is 0 Å². The van der Waals surface area contributed by atoms with Crippen molar-refractivity contribution in [1.82, 2.24) is 14.4 Å². The molecule has 4 rings (SSSR count). The molecule has 2 saturated heterocycles. The van der Waals surface area contributed by atoms with E-state index >= 15 is 0 Å². The van der Waals surface area contributed by atoms with Gasteiger partial charge < -0.3 is 9.42 Å². The molecule has 0 radical (unpaired) electrons. The number of nitrogens with zero attached hydrogens (tertiary/aromatic N) is 3. The highest BCUT2D eigenvalue weighted by Gasteiger charge is 2.38. The molecule has 0 aliphatic carbocycles. The summed E-state index contributed by atoms with van der Waals surface area (Å²) >= 11 is 0. The van der Waals surface area contributed by atoms with E-state index in [0.717, 1.165) is 55.5 Å². The zero-order chi connectivity index (χ0) is 24.5. The van der Waals surface area contributed by atoms with E-state index in [2.05, 4.69) is 24.2 Å². The zero-order valence-electron chi connectivity index (χ0n) is 20.6. The summed E-state index contributed by atoms with van der Waals surface area (Å²) in [6, 6.07) is 4.20. The first-order chi connectivity index (χ1) is 16.2. The van der Waals surface area contributed by atoms with Gasteiger partial charge in [0.05, 0.1) is 5.92 Å². The molecule has 2 fully saturated rings. The van der Waals surface area contributed by atoms with Crippen LogP contribution in [0.3, 0.4) is 0 Å². The molecule has 0 bridgehead atoms. The molecule has 1 atom stereocenters. The van der Waals surface area contributed by atoms with Crippen molar-refractivity contribution in [2.45, 2.75) is 64.7 Å². The predicted octanol–water partition coefficient (Wildman–Crippen LogP) is 4.49. The predicted molar refractivity (Wildman–Crippen MR) is 133 cm³/mol. The summed E-state index contributed by atoms with van der Waals surface area (Å²) < 4.78 is 34.3. The van der Waals surface area contributed by atoms with Crippen LogP contribution in [-0.4, -0.2) is 54.9 Å². The smallest absolute Gasteiger partial charge is 0.248 e. The average molecular weight is 486 g/mol. The van der Waals surface area contributed by atoms with Crippen molar-refractivity contribution in [3.05, 3.63) is 45.8 Å². The molecule has 1 amide bonds. The number of piperidine rings is 2. The molecule has 1 unspecified atom stereocenters. The average Bonchev–Trinajstić information content (AvgIpc) is 3.19. The summed E-state index contributed by atoms with van der Waals surface area (Å²) in [5.74, 6) is 0.0204. The number of carbonyl (C=O) groups excluding carboxylic acids is 1. The van der Waals surface area contributed by atoms with Crippen LogP contribution in [0.15, 0.2) is 21.6 Å². The van der Waals surface area contributed by atoms with Crippen molar-refractivity contribution in [3.8, 4) is 0 Å². The molecular formula is C26H35N3O4S. The lowest BCUT2D eigenvalue weighted by Crippen LogP contribution is -2.48. The number of amides is 1. The van der Waals surface area contributed by atoms with Gasteiger partial charge in [0, 0.05) is 26.2 Å². The van der Waals surface area contributed by atoms with Gasteiger partial charge in [0.25, 0.3) is 0 Å². The topological polar surface area (TPSA) is 83.7 Å². The number of aromatic nitrogens is 1. The second kappa shape index (κ2) is 10.0. The molecule has 184 valence electrons. The number of aryl methyl sites for hydroxylation is 4. The Morgan fingerprint density at radius 1 is 1.00 bits per heavy atom. The van der Waals surface area contributed by atoms with Crippen LogP contribution in [0.25, 0.3) is 12.2 Å². The van der Waals surface area contributed by atoms with Gasteiger partial charge in [-0.25, -0.2) is 8.42 Å². The number of likely N-dealkylation sites (tertiary alicyclic amines) is 1. The first-order valence-corrected chi connectivity index (χ1v) is 13.6. The minimum absolute atomic E-state index is 0.0899. The number of sulfonamides is 1. The molecule has 0 saturated carbocycles. The Kier molecular flexibility index (Phi) is 7.28. The first-order valence-electron chi connectivity index (χ1n) is 12.2. The minimum atomic E-state index is -3.85. The molecule has 2 aliphatic heterocycles. The highest BCUT2D eigenvalue weighted by molar-refractivity contribution is 7.89. The van der Waals surface area contributed by atoms with Crippen LogP contribution in [0.4, 0.5) is 0 Å². The van der Waals surface area contributed by atoms with Crippen LogP contribution >= 0.6 is 0 Å². The Bertz CT molecular complexity index is 1170. The second-order valence-corrected chi connectivity index (χ2v) is 11.6. The summed E-state index contributed by atoms with van der Waals surface area (Å²) in [6.07, 6.45) is 8.18. The number of benzene rings is 1. The molecule has 3 heterocycles. The molecule has 34 heavy (non-hydrogen) atoms. The van der Waals surface area contributed by atoms with Crippen molar-refractivity contribution < 1.29 is 17.7 Å². The first kappa shape index (κ1) is 24.7. The Balaban J connectivity index is 1.58. The van der Waals surface area contributed by atoms with E-state index in [1.807, 2.05) is 24.8 Å². The molecule has 7 nitrogen and oxygen atoms in total. The third-order valence-electron chi connectivity index (χ3n) is 6.97. The van der Waals surface area contributed by atoms with Crippen LogP contribution in [0, 0.1) is 33.6 Å². The van der Waals surface area contributed by atoms with Gasteiger partial charge >= 0.3 is 0 Å². The maximum Gasteiger partial charge on any atom is 0.248 e. The van der Waals surface area contributed by atoms with Gasteiger partial charge in [0.15, 0.2) is 10.7 Å². The van der Waals surface area contributed by atoms with Gasteiger partial charge in [-0.1, -0.05) is 28.9 Å². The summed E-state index contributed by atoms with van der Waals surface area (Å²) in [4.78, 5) is 15.1. The van der Waals surface area contributed by atoms with E-state index in [0.29, 0.717) is 18.7 Å². The molecular weight excluding hydrogens is 450 g/mol. The van der Waals surface area contributed by atoms with Crippen LogP contribution in [-0.2, 0) is 14.8 Å². The Morgan fingerprint density at radius 3 is 2.35 bits per heavy atom. The van der Waals surface area contributed by atoms with Crippen LogP contribution in [0.2, 0.25) is 0 Å². The highest BCUT2D eigenvalue weighted by Crippen LogP contribution is 2.30. The number of hydrogen-bond donors (Lipinski definition) is 0. The van der Waals surface area contributed by atoms with Gasteiger partial charge in [0.2, 0.25) is 15.9 Å². The third-order valence-corrected chi connectivity index (χ3v) is 9.00. The van der Waals surface area contributed by atoms with Gasteiger partial charge in [-0.05, 0) is 82.6 Å². The maximum atomic E-state index is 13.7. The van der Waals surface area contributed by atoms with E-state index in [1.165, 1.54) is 9.87 Å². The minimum Gasteiger partial charge on any atom is -0.355 e. The molecule has 1 aromatic carbocycles. The Labute approximate surface area is 202 Å². The van der Waals surface area contributed by atoms with Gasteiger partial charge in [-0.2, -0.15) is 4.31 Å². The van der Waals surface area contributed by atoms with Crippen LogP contribution < -0.4 is 0 Å². The van der Waals surface area contributed by atoms with E-state index in [1.54, 1.807) is 13.0 Å². The fraction of sp³-hybridized carbons (Fsp3) is 0.538. The second-order valence-electron chi connectivity index (χ2n) is 9.70. The highest BCUT2D eigenvalue weighted by atomic mass is 32.2. The van der Waals surface area contributed by atoms with Crippen molar-refractivity contribution in [3.63, 3.8) is 0 Å². The van der Waals surface area contributed by atoms with E-state index in [4.69, 9.17) is 4.52 Å². The molecule has 2 aliphatic rings. The summed E-state index contributed by atoms with van der Waals surface area (Å²) in [6.45, 7) is 9.94. The molecule has 0 N–H and O–H groups in total. The fourth-order valence-corrected chi connectivity index (χ4v) is 7.05. The summed E-state index contributed by atoms with van der Waals surface area (Å²) in [5.41, 5.74) is 4.79. The van der Waals surface area contributed by atoms with E-state index < -0.39 is 10.0 Å². The number of carbonyl (C=O) groups is 1. The van der Waals surface area contributed by atoms with Crippen molar-refractivity contribution in [2.24, 2.45) is 5.92 Å². The fourth-order valence-electron chi connectivity index (χ4n) is 5.28. The number of rotatable bonds is 5. The lowest BCUT2D eigenvalue weighted by atomic mass is 9.97. The SMILES string of the molecule is Cc1cc(C)c(C=Cc2onc(C)c2S(=O)(=O)N2CCCC(C(=O)N3CCCCC3)C2)c(C)c1. The maximum absolute atomic E-state index is 13.7. The molecule has 1 aromatic heterocycles. The Morgan fingerprint density at radius 2 is 1.68 bits per heavy atom. The van der Waals surface area contributed by atoms with Gasteiger partial charge in [0.1, 0.15) is 5.69 Å². The van der Waals surface area contributed by atoms with Crippen molar-refractivity contribution >= 4 is 28.1 Å². The largest absolute Gasteiger partial charge is 0.355 e. The molecule has 2 aromatic rings. The van der Waals surface area contributed by atoms with Crippen molar-refractivity contribution in [2.75, 3.05) is 26.2 Å². The van der Waals surface area contributed by atoms with E-state index in [-0.39, 0.29) is 29.0 Å². The standard InChI is InChI=1S/C26H35N3O4S/c1-18-15-19(2)23(20(3)16-18)10-11-24-25(21(4)27-33-24)34(31,32)29-14-8-9-22(17-29)26(30)28-12-6-5-7-13-28/h10-11,15-16,22H,5-9,12-14,17H2,1-4H3. The van der Waals surface area contributed by atoms with E-state index in [9.17, 15) is 13.2 Å². The van der Waals surface area contributed by atoms with Crippen LogP contribution in [0.5, 0.6) is 0 Å². The lowest BCUT2D eigenvalue weighted by molar-refractivity contribution is -0.137. The summed E-state index contributed by atoms with van der Waals surface area (Å²) in [7, 11) is -3.85. The van der Waals surface area contributed by atoms with Crippen molar-refractivity contribution in [1.29, 1.82) is 0 Å². The lowest BCUT2D eigenvalue weighted by Gasteiger charge is -2.35. The zero-order valence-corrected chi connectivity index (χ0v) is 21.5.